The molecule has 0 unspecified atom stereocenters. The van der Waals surface area contributed by atoms with E-state index in [2.05, 4.69) is 9.97 Å². The van der Waals surface area contributed by atoms with Crippen molar-refractivity contribution in [1.82, 2.24) is 14.9 Å². The second-order valence-electron chi connectivity index (χ2n) is 6.36. The number of hydrogen-bond acceptors (Lipinski definition) is 3. The zero-order valence-electron chi connectivity index (χ0n) is 12.4. The standard InChI is InChI=1S/C16H23N3O2/c20-15(10-12-4-1-2-5-12)19-9-3-6-13(11-19)14-7-8-17-16(21)18-14/h7-8,12-13H,1-6,9-11H2,(H,17,18,21)/t13-/m1/s1. The van der Waals surface area contributed by atoms with E-state index in [0.29, 0.717) is 18.2 Å². The summed E-state index contributed by atoms with van der Waals surface area (Å²) in [5, 5.41) is 0. The van der Waals surface area contributed by atoms with E-state index in [4.69, 9.17) is 0 Å². The van der Waals surface area contributed by atoms with Crippen molar-refractivity contribution in [3.05, 3.63) is 28.4 Å². The smallest absolute Gasteiger partial charge is 0.342 e. The summed E-state index contributed by atoms with van der Waals surface area (Å²) >= 11 is 0. The minimum absolute atomic E-state index is 0.238. The Morgan fingerprint density at radius 3 is 2.86 bits per heavy atom. The predicted molar refractivity (Wildman–Crippen MR) is 80.0 cm³/mol. The van der Waals surface area contributed by atoms with Gasteiger partial charge >= 0.3 is 5.69 Å². The molecular formula is C16H23N3O2. The van der Waals surface area contributed by atoms with Gasteiger partial charge in [-0.1, -0.05) is 12.8 Å². The van der Waals surface area contributed by atoms with Crippen LogP contribution in [0.25, 0.3) is 0 Å². The largest absolute Gasteiger partial charge is 0.345 e. The number of carbonyl (C=O) groups is 1. The van der Waals surface area contributed by atoms with Crippen LogP contribution in [0.1, 0.15) is 56.6 Å². The third-order valence-electron chi connectivity index (χ3n) is 4.85. The molecule has 1 aromatic heterocycles. The van der Waals surface area contributed by atoms with Gasteiger partial charge in [0.25, 0.3) is 0 Å². The van der Waals surface area contributed by atoms with Crippen molar-refractivity contribution in [2.75, 3.05) is 13.1 Å². The third-order valence-corrected chi connectivity index (χ3v) is 4.85. The molecule has 3 rings (SSSR count). The average molecular weight is 289 g/mol. The fraction of sp³-hybridized carbons (Fsp3) is 0.688. The van der Waals surface area contributed by atoms with Gasteiger partial charge in [-0.05, 0) is 37.7 Å². The number of hydrogen-bond donors (Lipinski definition) is 1. The molecule has 21 heavy (non-hydrogen) atoms. The van der Waals surface area contributed by atoms with Crippen LogP contribution in [0, 0.1) is 5.92 Å². The lowest BCUT2D eigenvalue weighted by molar-refractivity contribution is -0.133. The van der Waals surface area contributed by atoms with E-state index in [9.17, 15) is 9.59 Å². The zero-order chi connectivity index (χ0) is 14.7. The van der Waals surface area contributed by atoms with Crippen LogP contribution in [-0.4, -0.2) is 33.9 Å². The average Bonchev–Trinajstić information content (AvgIpc) is 3.00. The molecule has 1 N–H and O–H groups in total. The molecule has 2 fully saturated rings. The maximum absolute atomic E-state index is 12.4. The molecule has 0 radical (unpaired) electrons. The number of piperidine rings is 1. The molecule has 0 spiro atoms. The van der Waals surface area contributed by atoms with Crippen LogP contribution in [0.5, 0.6) is 0 Å². The molecule has 1 aliphatic heterocycles. The highest BCUT2D eigenvalue weighted by molar-refractivity contribution is 5.76. The highest BCUT2D eigenvalue weighted by atomic mass is 16.2. The summed E-state index contributed by atoms with van der Waals surface area (Å²) in [6.07, 6.45) is 9.25. The van der Waals surface area contributed by atoms with Gasteiger partial charge in [-0.3, -0.25) is 4.79 Å². The van der Waals surface area contributed by atoms with Crippen molar-refractivity contribution in [3.8, 4) is 0 Å². The van der Waals surface area contributed by atoms with Crippen molar-refractivity contribution in [2.45, 2.75) is 50.9 Å². The number of likely N-dealkylation sites (tertiary alicyclic amines) is 1. The molecule has 5 heteroatoms. The molecule has 114 valence electrons. The van der Waals surface area contributed by atoms with E-state index in [1.807, 2.05) is 11.0 Å². The van der Waals surface area contributed by atoms with E-state index >= 15 is 0 Å². The quantitative estimate of drug-likeness (QED) is 0.926. The molecule has 2 aliphatic rings. The van der Waals surface area contributed by atoms with E-state index < -0.39 is 0 Å². The molecule has 1 aliphatic carbocycles. The fourth-order valence-electron chi connectivity index (χ4n) is 3.67. The van der Waals surface area contributed by atoms with Crippen LogP contribution >= 0.6 is 0 Å². The molecule has 1 saturated carbocycles. The molecule has 1 aromatic rings. The number of carbonyl (C=O) groups excluding carboxylic acids is 1. The first-order chi connectivity index (χ1) is 10.2. The highest BCUT2D eigenvalue weighted by Gasteiger charge is 2.27. The second-order valence-corrected chi connectivity index (χ2v) is 6.36. The number of aromatic amines is 1. The van der Waals surface area contributed by atoms with Gasteiger partial charge in [0.15, 0.2) is 0 Å². The lowest BCUT2D eigenvalue weighted by Gasteiger charge is -2.33. The Labute approximate surface area is 124 Å². The van der Waals surface area contributed by atoms with Crippen LogP contribution in [0.15, 0.2) is 17.1 Å². The minimum atomic E-state index is -0.304. The number of aromatic nitrogens is 2. The number of H-pyrrole nitrogens is 1. The summed E-state index contributed by atoms with van der Waals surface area (Å²) in [5.41, 5.74) is 0.607. The molecule has 0 bridgehead atoms. The van der Waals surface area contributed by atoms with Gasteiger partial charge in [0.2, 0.25) is 5.91 Å². The van der Waals surface area contributed by atoms with Crippen molar-refractivity contribution >= 4 is 5.91 Å². The van der Waals surface area contributed by atoms with Crippen LogP contribution in [0.3, 0.4) is 0 Å². The van der Waals surface area contributed by atoms with Crippen molar-refractivity contribution in [3.63, 3.8) is 0 Å². The molecule has 0 aromatic carbocycles. The van der Waals surface area contributed by atoms with E-state index in [-0.39, 0.29) is 11.6 Å². The minimum Gasteiger partial charge on any atom is -0.342 e. The number of amides is 1. The lowest BCUT2D eigenvalue weighted by atomic mass is 9.93. The van der Waals surface area contributed by atoms with Crippen molar-refractivity contribution < 1.29 is 4.79 Å². The molecule has 1 amide bonds. The SMILES string of the molecule is O=C(CC1CCCC1)N1CCC[C@@H](c2ccnc(=O)[nH]2)C1. The van der Waals surface area contributed by atoms with Crippen LogP contribution in [0.2, 0.25) is 0 Å². The topological polar surface area (TPSA) is 66.1 Å². The van der Waals surface area contributed by atoms with Gasteiger partial charge in [0.1, 0.15) is 0 Å². The van der Waals surface area contributed by atoms with Crippen LogP contribution < -0.4 is 5.69 Å². The summed E-state index contributed by atoms with van der Waals surface area (Å²) in [5.74, 6) is 1.13. The van der Waals surface area contributed by atoms with E-state index in [1.54, 1.807) is 6.20 Å². The Balaban J connectivity index is 1.62. The Kier molecular flexibility index (Phi) is 4.36. The van der Waals surface area contributed by atoms with Gasteiger partial charge in [0, 0.05) is 37.3 Å². The molecule has 1 saturated heterocycles. The van der Waals surface area contributed by atoms with Gasteiger partial charge in [0.05, 0.1) is 0 Å². The molecule has 2 heterocycles. The Hall–Kier alpha value is -1.65. The van der Waals surface area contributed by atoms with Crippen LogP contribution in [-0.2, 0) is 4.79 Å². The maximum Gasteiger partial charge on any atom is 0.345 e. The fourth-order valence-corrected chi connectivity index (χ4v) is 3.67. The highest BCUT2D eigenvalue weighted by Crippen LogP contribution is 2.30. The first-order valence-corrected chi connectivity index (χ1v) is 8.05. The van der Waals surface area contributed by atoms with Gasteiger partial charge in [-0.2, -0.15) is 0 Å². The Morgan fingerprint density at radius 1 is 1.29 bits per heavy atom. The first kappa shape index (κ1) is 14.3. The summed E-state index contributed by atoms with van der Waals surface area (Å²) in [7, 11) is 0. The summed E-state index contributed by atoms with van der Waals surface area (Å²) in [6, 6.07) is 1.86. The maximum atomic E-state index is 12.4. The lowest BCUT2D eigenvalue weighted by Crippen LogP contribution is -2.40. The Bertz CT molecular complexity index is 548. The van der Waals surface area contributed by atoms with Gasteiger partial charge < -0.3 is 9.88 Å². The summed E-state index contributed by atoms with van der Waals surface area (Å²) in [4.78, 5) is 32.2. The number of nitrogens with one attached hydrogen (secondary N) is 1. The molecule has 1 atom stereocenters. The van der Waals surface area contributed by atoms with Crippen LogP contribution in [0.4, 0.5) is 0 Å². The number of nitrogens with zero attached hydrogens (tertiary/aromatic N) is 2. The van der Waals surface area contributed by atoms with Crippen molar-refractivity contribution in [1.29, 1.82) is 0 Å². The summed E-state index contributed by atoms with van der Waals surface area (Å²) in [6.45, 7) is 1.59. The third kappa shape index (κ3) is 3.52. The van der Waals surface area contributed by atoms with E-state index in [1.165, 1.54) is 25.7 Å². The molecule has 5 nitrogen and oxygen atoms in total. The zero-order valence-corrected chi connectivity index (χ0v) is 12.4. The van der Waals surface area contributed by atoms with Gasteiger partial charge in [-0.25, -0.2) is 9.78 Å². The normalized spacial score (nSPS) is 23.4. The summed E-state index contributed by atoms with van der Waals surface area (Å²) < 4.78 is 0. The van der Waals surface area contributed by atoms with E-state index in [0.717, 1.165) is 31.6 Å². The monoisotopic (exact) mass is 289 g/mol. The Morgan fingerprint density at radius 2 is 2.10 bits per heavy atom. The number of rotatable bonds is 3. The van der Waals surface area contributed by atoms with Gasteiger partial charge in [-0.15, -0.1) is 0 Å². The first-order valence-electron chi connectivity index (χ1n) is 8.05. The molecular weight excluding hydrogens is 266 g/mol. The van der Waals surface area contributed by atoms with Crippen molar-refractivity contribution in [2.24, 2.45) is 5.92 Å². The predicted octanol–water partition coefficient (Wildman–Crippen LogP) is 2.06. The second kappa shape index (κ2) is 6.41.